The maximum absolute atomic E-state index is 12.9. The van der Waals surface area contributed by atoms with Crippen molar-refractivity contribution in [3.05, 3.63) is 0 Å². The zero-order valence-corrected chi connectivity index (χ0v) is 14.8. The van der Waals surface area contributed by atoms with Crippen molar-refractivity contribution in [3.8, 4) is 0 Å². The molecular weight excluding hydrogens is 304 g/mol. The summed E-state index contributed by atoms with van der Waals surface area (Å²) < 4.78 is 0. The van der Waals surface area contributed by atoms with E-state index in [2.05, 4.69) is 10.2 Å². The molecule has 6 nitrogen and oxygen atoms in total. The van der Waals surface area contributed by atoms with E-state index in [-0.39, 0.29) is 17.4 Å². The Morgan fingerprint density at radius 2 is 1.71 bits per heavy atom. The van der Waals surface area contributed by atoms with Crippen LogP contribution in [-0.2, 0) is 4.79 Å². The van der Waals surface area contributed by atoms with Gasteiger partial charge in [-0.25, -0.2) is 4.79 Å². The smallest absolute Gasteiger partial charge is 0.314 e. The normalized spacial score (nSPS) is 27.8. The summed E-state index contributed by atoms with van der Waals surface area (Å²) in [4.78, 5) is 28.4. The number of hydrogen-bond acceptors (Lipinski definition) is 3. The van der Waals surface area contributed by atoms with Gasteiger partial charge in [-0.2, -0.15) is 0 Å². The molecular formula is C18H32N4O2. The van der Waals surface area contributed by atoms with Crippen molar-refractivity contribution in [3.63, 3.8) is 0 Å². The van der Waals surface area contributed by atoms with E-state index in [1.54, 1.807) is 4.90 Å². The van der Waals surface area contributed by atoms with Gasteiger partial charge in [0.05, 0.1) is 11.5 Å². The molecule has 0 bridgehead atoms. The quantitative estimate of drug-likeness (QED) is 0.820. The molecule has 0 unspecified atom stereocenters. The number of rotatable bonds is 4. The fraction of sp³-hybridized carbons (Fsp3) is 0.889. The van der Waals surface area contributed by atoms with Crippen molar-refractivity contribution in [1.29, 1.82) is 0 Å². The standard InChI is InChI=1S/C18H32N4O2/c19-17(24)22-12-6-7-15(13-22)16(23)20-18(8-2-1-3-9-18)14-21-10-4-5-11-21/h15H,1-14H2,(H2,19,24)(H,20,23)/t15-/m0/s1. The zero-order chi connectivity index (χ0) is 17.0. The Balaban J connectivity index is 1.62. The summed E-state index contributed by atoms with van der Waals surface area (Å²) in [5, 5.41) is 3.43. The monoisotopic (exact) mass is 336 g/mol. The fourth-order valence-electron chi connectivity index (χ4n) is 4.67. The summed E-state index contributed by atoms with van der Waals surface area (Å²) in [5.74, 6) is 0.0191. The van der Waals surface area contributed by atoms with Crippen molar-refractivity contribution >= 4 is 11.9 Å². The number of piperidine rings is 1. The number of urea groups is 1. The van der Waals surface area contributed by atoms with Gasteiger partial charge in [-0.15, -0.1) is 0 Å². The number of carbonyl (C=O) groups is 2. The largest absolute Gasteiger partial charge is 0.351 e. The Labute approximate surface area is 145 Å². The molecule has 6 heteroatoms. The molecule has 0 radical (unpaired) electrons. The van der Waals surface area contributed by atoms with Gasteiger partial charge in [0, 0.05) is 19.6 Å². The van der Waals surface area contributed by atoms with Gasteiger partial charge in [0.1, 0.15) is 0 Å². The van der Waals surface area contributed by atoms with E-state index in [9.17, 15) is 9.59 Å². The molecule has 2 aliphatic heterocycles. The third kappa shape index (κ3) is 4.21. The molecule has 2 saturated heterocycles. The van der Waals surface area contributed by atoms with Crippen LogP contribution in [0.3, 0.4) is 0 Å². The topological polar surface area (TPSA) is 78.7 Å². The van der Waals surface area contributed by atoms with Crippen LogP contribution in [0.5, 0.6) is 0 Å². The summed E-state index contributed by atoms with van der Waals surface area (Å²) in [6.07, 6.45) is 10.1. The Hall–Kier alpha value is -1.30. The number of nitrogens with two attached hydrogens (primary N) is 1. The molecule has 3 rings (SSSR count). The zero-order valence-electron chi connectivity index (χ0n) is 14.8. The summed E-state index contributed by atoms with van der Waals surface area (Å²) in [6.45, 7) is 4.47. The maximum Gasteiger partial charge on any atom is 0.314 e. The van der Waals surface area contributed by atoms with Gasteiger partial charge >= 0.3 is 6.03 Å². The second-order valence-electron chi connectivity index (χ2n) is 7.94. The van der Waals surface area contributed by atoms with Gasteiger partial charge in [-0.3, -0.25) is 4.79 Å². The first-order valence-corrected chi connectivity index (χ1v) is 9.67. The van der Waals surface area contributed by atoms with E-state index in [0.717, 1.165) is 45.3 Å². The van der Waals surface area contributed by atoms with Gasteiger partial charge in [0.25, 0.3) is 0 Å². The average Bonchev–Trinajstić information content (AvgIpc) is 3.08. The van der Waals surface area contributed by atoms with Gasteiger partial charge in [-0.1, -0.05) is 19.3 Å². The third-order valence-electron chi connectivity index (χ3n) is 6.03. The lowest BCUT2D eigenvalue weighted by molar-refractivity contribution is -0.129. The van der Waals surface area contributed by atoms with Crippen molar-refractivity contribution in [2.24, 2.45) is 11.7 Å². The summed E-state index contributed by atoms with van der Waals surface area (Å²) in [7, 11) is 0. The van der Waals surface area contributed by atoms with E-state index in [0.29, 0.717) is 13.1 Å². The highest BCUT2D eigenvalue weighted by molar-refractivity contribution is 5.81. The van der Waals surface area contributed by atoms with Gasteiger partial charge < -0.3 is 20.9 Å². The highest BCUT2D eigenvalue weighted by Crippen LogP contribution is 2.31. The summed E-state index contributed by atoms with van der Waals surface area (Å²) >= 11 is 0. The molecule has 3 fully saturated rings. The Morgan fingerprint density at radius 1 is 1.00 bits per heavy atom. The van der Waals surface area contributed by atoms with E-state index in [1.165, 1.54) is 32.1 Å². The third-order valence-corrected chi connectivity index (χ3v) is 6.03. The minimum atomic E-state index is -0.406. The van der Waals surface area contributed by atoms with Gasteiger partial charge in [0.15, 0.2) is 0 Å². The highest BCUT2D eigenvalue weighted by atomic mass is 16.2. The van der Waals surface area contributed by atoms with E-state index in [1.807, 2.05) is 0 Å². The number of carbonyl (C=O) groups excluding carboxylic acids is 2. The van der Waals surface area contributed by atoms with Crippen LogP contribution >= 0.6 is 0 Å². The molecule has 2 heterocycles. The molecule has 3 N–H and O–H groups in total. The number of primary amides is 1. The van der Waals surface area contributed by atoms with Gasteiger partial charge in [-0.05, 0) is 51.6 Å². The molecule has 1 aliphatic carbocycles. The first-order chi connectivity index (χ1) is 11.6. The summed E-state index contributed by atoms with van der Waals surface area (Å²) in [6, 6.07) is -0.406. The number of nitrogens with zero attached hydrogens (tertiary/aromatic N) is 2. The molecule has 0 spiro atoms. The first kappa shape index (κ1) is 17.5. The van der Waals surface area contributed by atoms with Crippen molar-refractivity contribution in [2.45, 2.75) is 63.3 Å². The lowest BCUT2D eigenvalue weighted by atomic mass is 9.80. The highest BCUT2D eigenvalue weighted by Gasteiger charge is 2.38. The van der Waals surface area contributed by atoms with Crippen LogP contribution in [-0.4, -0.2) is 60.0 Å². The predicted molar refractivity (Wildman–Crippen MR) is 93.5 cm³/mol. The average molecular weight is 336 g/mol. The first-order valence-electron chi connectivity index (χ1n) is 9.67. The lowest BCUT2D eigenvalue weighted by Crippen LogP contribution is -2.59. The van der Waals surface area contributed by atoms with E-state index >= 15 is 0 Å². The Bertz CT molecular complexity index is 456. The van der Waals surface area contributed by atoms with E-state index < -0.39 is 6.03 Å². The molecule has 0 aromatic heterocycles. The molecule has 0 aromatic rings. The van der Waals surface area contributed by atoms with Crippen LogP contribution in [0.2, 0.25) is 0 Å². The number of amides is 3. The molecule has 24 heavy (non-hydrogen) atoms. The van der Waals surface area contributed by atoms with Crippen LogP contribution in [0, 0.1) is 5.92 Å². The van der Waals surface area contributed by atoms with Crippen molar-refractivity contribution in [1.82, 2.24) is 15.1 Å². The second kappa shape index (κ2) is 7.72. The number of nitrogens with one attached hydrogen (secondary N) is 1. The summed E-state index contributed by atoms with van der Waals surface area (Å²) in [5.41, 5.74) is 5.34. The van der Waals surface area contributed by atoms with Crippen LogP contribution < -0.4 is 11.1 Å². The molecule has 3 aliphatic rings. The van der Waals surface area contributed by atoms with Crippen molar-refractivity contribution in [2.75, 3.05) is 32.7 Å². The van der Waals surface area contributed by atoms with E-state index in [4.69, 9.17) is 5.73 Å². The minimum Gasteiger partial charge on any atom is -0.351 e. The SMILES string of the molecule is NC(=O)N1CCC[C@H](C(=O)NC2(CN3CCCC3)CCCCC2)C1. The number of hydrogen-bond donors (Lipinski definition) is 2. The fourth-order valence-corrected chi connectivity index (χ4v) is 4.67. The molecule has 136 valence electrons. The minimum absolute atomic E-state index is 0.0608. The maximum atomic E-state index is 12.9. The number of likely N-dealkylation sites (tertiary alicyclic amines) is 2. The van der Waals surface area contributed by atoms with Crippen LogP contribution in [0.1, 0.15) is 57.8 Å². The predicted octanol–water partition coefficient (Wildman–Crippen LogP) is 1.69. The second-order valence-corrected chi connectivity index (χ2v) is 7.94. The Kier molecular flexibility index (Phi) is 5.64. The van der Waals surface area contributed by atoms with Crippen molar-refractivity contribution < 1.29 is 9.59 Å². The Morgan fingerprint density at radius 3 is 2.38 bits per heavy atom. The van der Waals surface area contributed by atoms with Crippen LogP contribution in [0.25, 0.3) is 0 Å². The van der Waals surface area contributed by atoms with Crippen LogP contribution in [0.15, 0.2) is 0 Å². The van der Waals surface area contributed by atoms with Gasteiger partial charge in [0.2, 0.25) is 5.91 Å². The lowest BCUT2D eigenvalue weighted by Gasteiger charge is -2.42. The van der Waals surface area contributed by atoms with Crippen LogP contribution in [0.4, 0.5) is 4.79 Å². The molecule has 0 aromatic carbocycles. The molecule has 1 saturated carbocycles. The molecule has 1 atom stereocenters. The molecule has 3 amide bonds.